The van der Waals surface area contributed by atoms with Crippen molar-refractivity contribution in [2.45, 2.75) is 19.9 Å². The lowest BCUT2D eigenvalue weighted by molar-refractivity contribution is -0.380. The molecule has 0 N–H and O–H groups in total. The van der Waals surface area contributed by atoms with Crippen molar-refractivity contribution in [3.8, 4) is 0 Å². The number of thiophene rings is 1. The topological polar surface area (TPSA) is 63.5 Å². The first-order valence-electron chi connectivity index (χ1n) is 5.41. The maximum atomic E-state index is 12.1. The summed E-state index contributed by atoms with van der Waals surface area (Å²) in [6, 6.07) is 3.07. The van der Waals surface area contributed by atoms with E-state index in [1.165, 1.54) is 17.8 Å². The lowest BCUT2D eigenvalue weighted by atomic mass is 10.3. The largest absolute Gasteiger partial charge is 0.324 e. The summed E-state index contributed by atoms with van der Waals surface area (Å²) in [5, 5.41) is 10.7. The first kappa shape index (κ1) is 14.2. The Hall–Kier alpha value is -1.25. The molecule has 0 unspecified atom stereocenters. The second-order valence-electron chi connectivity index (χ2n) is 4.08. The standard InChI is InChI=1S/C11H10N2O3S3/c1-6(2)12-10(14)8(19-11(12)17)5-7-3-4-9(18-7)13(15)16/h3-6H,1-2H3. The van der Waals surface area contributed by atoms with Gasteiger partial charge in [-0.25, -0.2) is 0 Å². The Morgan fingerprint density at radius 3 is 2.63 bits per heavy atom. The second-order valence-corrected chi connectivity index (χ2v) is 6.85. The highest BCUT2D eigenvalue weighted by Crippen LogP contribution is 2.35. The molecule has 2 rings (SSSR count). The SMILES string of the molecule is CC(C)N1C(=O)C(=Cc2ccc([N+](=O)[O-])s2)SC1=S. The van der Waals surface area contributed by atoms with Gasteiger partial charge in [0.05, 0.1) is 9.83 Å². The van der Waals surface area contributed by atoms with Crippen LogP contribution >= 0.6 is 35.3 Å². The van der Waals surface area contributed by atoms with Crippen LogP contribution in [0.25, 0.3) is 6.08 Å². The van der Waals surface area contributed by atoms with E-state index in [1.54, 1.807) is 17.0 Å². The zero-order chi connectivity index (χ0) is 14.2. The first-order valence-corrected chi connectivity index (χ1v) is 7.45. The van der Waals surface area contributed by atoms with Crippen LogP contribution in [-0.2, 0) is 4.79 Å². The van der Waals surface area contributed by atoms with E-state index in [0.29, 0.717) is 14.1 Å². The molecule has 1 aliphatic heterocycles. The lowest BCUT2D eigenvalue weighted by Gasteiger charge is -2.18. The smallest absolute Gasteiger partial charge is 0.290 e. The molecular formula is C11H10N2O3S3. The number of nitrogens with zero attached hydrogens (tertiary/aromatic N) is 2. The fourth-order valence-corrected chi connectivity index (χ4v) is 3.93. The Morgan fingerprint density at radius 1 is 1.47 bits per heavy atom. The van der Waals surface area contributed by atoms with Crippen molar-refractivity contribution in [2.75, 3.05) is 0 Å². The molecule has 1 saturated heterocycles. The monoisotopic (exact) mass is 314 g/mol. The molecule has 0 atom stereocenters. The van der Waals surface area contributed by atoms with E-state index in [4.69, 9.17) is 12.2 Å². The van der Waals surface area contributed by atoms with Crippen LogP contribution in [0.15, 0.2) is 17.0 Å². The predicted octanol–water partition coefficient (Wildman–Crippen LogP) is 3.27. The van der Waals surface area contributed by atoms with Crippen LogP contribution in [0.1, 0.15) is 18.7 Å². The molecule has 1 amide bonds. The van der Waals surface area contributed by atoms with Crippen LogP contribution in [0.3, 0.4) is 0 Å². The van der Waals surface area contributed by atoms with Crippen LogP contribution in [0.2, 0.25) is 0 Å². The van der Waals surface area contributed by atoms with Crippen molar-refractivity contribution in [1.82, 2.24) is 4.90 Å². The number of hydrogen-bond acceptors (Lipinski definition) is 6. The maximum absolute atomic E-state index is 12.1. The summed E-state index contributed by atoms with van der Waals surface area (Å²) < 4.78 is 0.525. The van der Waals surface area contributed by atoms with E-state index in [2.05, 4.69) is 0 Å². The minimum absolute atomic E-state index is 0.0103. The highest BCUT2D eigenvalue weighted by atomic mass is 32.2. The summed E-state index contributed by atoms with van der Waals surface area (Å²) in [6.45, 7) is 3.79. The number of hydrogen-bond donors (Lipinski definition) is 0. The first-order chi connectivity index (χ1) is 8.90. The lowest BCUT2D eigenvalue weighted by Crippen LogP contribution is -2.34. The average molecular weight is 314 g/mol. The highest BCUT2D eigenvalue weighted by molar-refractivity contribution is 8.26. The fourth-order valence-electron chi connectivity index (χ4n) is 1.57. The quantitative estimate of drug-likeness (QED) is 0.371. The third kappa shape index (κ3) is 2.85. The minimum atomic E-state index is -0.443. The highest BCUT2D eigenvalue weighted by Gasteiger charge is 2.33. The van der Waals surface area contributed by atoms with Gasteiger partial charge >= 0.3 is 5.00 Å². The summed E-state index contributed by atoms with van der Waals surface area (Å²) in [6.07, 6.45) is 1.65. The zero-order valence-electron chi connectivity index (χ0n) is 10.2. The number of nitro groups is 1. The van der Waals surface area contributed by atoms with Crippen LogP contribution in [-0.4, -0.2) is 26.1 Å². The normalized spacial score (nSPS) is 17.8. The molecule has 0 bridgehead atoms. The molecule has 1 aromatic heterocycles. The number of rotatable bonds is 3. The Labute approximate surface area is 123 Å². The van der Waals surface area contributed by atoms with Gasteiger partial charge in [-0.3, -0.25) is 19.8 Å². The van der Waals surface area contributed by atoms with Gasteiger partial charge in [0.1, 0.15) is 4.32 Å². The number of carbonyl (C=O) groups excluding carboxylic acids is 1. The second kappa shape index (κ2) is 5.40. The number of carbonyl (C=O) groups is 1. The molecule has 1 fully saturated rings. The van der Waals surface area contributed by atoms with Crippen molar-refractivity contribution >= 4 is 56.6 Å². The van der Waals surface area contributed by atoms with Crippen LogP contribution in [0.4, 0.5) is 5.00 Å². The van der Waals surface area contributed by atoms with Gasteiger partial charge in [-0.05, 0) is 26.0 Å². The van der Waals surface area contributed by atoms with Crippen LogP contribution < -0.4 is 0 Å². The zero-order valence-corrected chi connectivity index (χ0v) is 12.6. The molecule has 0 aromatic carbocycles. The Kier molecular flexibility index (Phi) is 4.02. The fraction of sp³-hybridized carbons (Fsp3) is 0.273. The molecule has 8 heteroatoms. The number of amides is 1. The third-order valence-corrected chi connectivity index (χ3v) is 4.72. The molecule has 0 radical (unpaired) electrons. The van der Waals surface area contributed by atoms with E-state index in [9.17, 15) is 14.9 Å². The molecule has 100 valence electrons. The van der Waals surface area contributed by atoms with Crippen molar-refractivity contribution in [2.24, 2.45) is 0 Å². The van der Waals surface area contributed by atoms with Gasteiger partial charge in [0.15, 0.2) is 0 Å². The molecule has 2 heterocycles. The van der Waals surface area contributed by atoms with Crippen molar-refractivity contribution < 1.29 is 9.72 Å². The van der Waals surface area contributed by atoms with Crippen molar-refractivity contribution in [3.63, 3.8) is 0 Å². The van der Waals surface area contributed by atoms with Crippen molar-refractivity contribution in [1.29, 1.82) is 0 Å². The van der Waals surface area contributed by atoms with E-state index in [1.807, 2.05) is 13.8 Å². The van der Waals surface area contributed by atoms with E-state index < -0.39 is 4.92 Å². The maximum Gasteiger partial charge on any atom is 0.324 e. The van der Waals surface area contributed by atoms with Gasteiger partial charge < -0.3 is 0 Å². The molecule has 5 nitrogen and oxygen atoms in total. The van der Waals surface area contributed by atoms with Gasteiger partial charge in [0.2, 0.25) is 0 Å². The summed E-state index contributed by atoms with van der Waals surface area (Å²) in [4.78, 5) is 25.0. The van der Waals surface area contributed by atoms with Gasteiger partial charge in [-0.15, -0.1) is 0 Å². The molecule has 19 heavy (non-hydrogen) atoms. The molecule has 1 aromatic rings. The summed E-state index contributed by atoms with van der Waals surface area (Å²) in [7, 11) is 0. The summed E-state index contributed by atoms with van der Waals surface area (Å²) in [5.41, 5.74) is 0. The Bertz CT molecular complexity index is 592. The minimum Gasteiger partial charge on any atom is -0.290 e. The third-order valence-electron chi connectivity index (χ3n) is 2.41. The summed E-state index contributed by atoms with van der Waals surface area (Å²) in [5.74, 6) is -0.138. The molecule has 1 aliphatic rings. The average Bonchev–Trinajstić information content (AvgIpc) is 2.85. The van der Waals surface area contributed by atoms with Crippen LogP contribution in [0.5, 0.6) is 0 Å². The van der Waals surface area contributed by atoms with E-state index >= 15 is 0 Å². The van der Waals surface area contributed by atoms with E-state index in [0.717, 1.165) is 11.3 Å². The molecule has 0 spiro atoms. The summed E-state index contributed by atoms with van der Waals surface area (Å²) >= 11 is 7.42. The van der Waals surface area contributed by atoms with E-state index in [-0.39, 0.29) is 17.0 Å². The van der Waals surface area contributed by atoms with Gasteiger partial charge in [-0.1, -0.05) is 35.3 Å². The van der Waals surface area contributed by atoms with Gasteiger partial charge in [-0.2, -0.15) is 0 Å². The predicted molar refractivity (Wildman–Crippen MR) is 81.1 cm³/mol. The van der Waals surface area contributed by atoms with Gasteiger partial charge in [0.25, 0.3) is 5.91 Å². The molecule has 0 saturated carbocycles. The molecular weight excluding hydrogens is 304 g/mol. The van der Waals surface area contributed by atoms with Gasteiger partial charge in [0, 0.05) is 17.0 Å². The Balaban J connectivity index is 2.27. The van der Waals surface area contributed by atoms with Crippen LogP contribution in [0, 0.1) is 10.1 Å². The number of thioether (sulfide) groups is 1. The van der Waals surface area contributed by atoms with Crippen molar-refractivity contribution in [3.05, 3.63) is 32.0 Å². The number of thiocarbonyl (C=S) groups is 1. The molecule has 0 aliphatic carbocycles. The Morgan fingerprint density at radius 2 is 2.16 bits per heavy atom.